The standard InChI is InChI=1S/C14H18FN3O/c1-17-8-14-10-18(4-5-19-14)9-11-2-3-13(15)6-12(11)7-16/h2-3,6,14,17H,4-5,8-10H2,1H3. The van der Waals surface area contributed by atoms with Crippen LogP contribution >= 0.6 is 0 Å². The minimum absolute atomic E-state index is 0.171. The van der Waals surface area contributed by atoms with E-state index in [0.29, 0.717) is 18.7 Å². The number of hydrogen-bond donors (Lipinski definition) is 1. The van der Waals surface area contributed by atoms with Gasteiger partial charge in [0.1, 0.15) is 5.82 Å². The Bertz CT molecular complexity index is 470. The molecule has 102 valence electrons. The fraction of sp³-hybridized carbons (Fsp3) is 0.500. The second-order valence-corrected chi connectivity index (χ2v) is 4.70. The molecule has 1 unspecified atom stereocenters. The molecule has 1 heterocycles. The van der Waals surface area contributed by atoms with Crippen LogP contribution in [-0.4, -0.2) is 44.3 Å². The normalized spacial score (nSPS) is 20.2. The zero-order chi connectivity index (χ0) is 13.7. The molecule has 1 aromatic rings. The molecule has 5 heteroatoms. The summed E-state index contributed by atoms with van der Waals surface area (Å²) in [5.41, 5.74) is 1.28. The molecule has 0 bridgehead atoms. The predicted molar refractivity (Wildman–Crippen MR) is 70.1 cm³/mol. The molecule has 0 radical (unpaired) electrons. The molecule has 1 saturated heterocycles. The molecular weight excluding hydrogens is 245 g/mol. The van der Waals surface area contributed by atoms with E-state index in [4.69, 9.17) is 10.00 Å². The van der Waals surface area contributed by atoms with Crippen LogP contribution in [0.3, 0.4) is 0 Å². The van der Waals surface area contributed by atoms with E-state index in [0.717, 1.165) is 25.2 Å². The summed E-state index contributed by atoms with van der Waals surface area (Å²) in [5.74, 6) is -0.365. The Morgan fingerprint density at radius 1 is 1.58 bits per heavy atom. The summed E-state index contributed by atoms with van der Waals surface area (Å²) in [5, 5.41) is 12.1. The van der Waals surface area contributed by atoms with Crippen LogP contribution in [0.5, 0.6) is 0 Å². The third-order valence-electron chi connectivity index (χ3n) is 3.24. The van der Waals surface area contributed by atoms with Crippen molar-refractivity contribution < 1.29 is 9.13 Å². The maximum atomic E-state index is 13.1. The Morgan fingerprint density at radius 3 is 3.16 bits per heavy atom. The van der Waals surface area contributed by atoms with Gasteiger partial charge in [-0.05, 0) is 24.7 Å². The van der Waals surface area contributed by atoms with Gasteiger partial charge in [0, 0.05) is 26.2 Å². The number of likely N-dealkylation sites (N-methyl/N-ethyl adjacent to an activating group) is 1. The van der Waals surface area contributed by atoms with Crippen LogP contribution in [0.15, 0.2) is 18.2 Å². The minimum Gasteiger partial charge on any atom is -0.374 e. The Hall–Kier alpha value is -1.48. The quantitative estimate of drug-likeness (QED) is 0.884. The smallest absolute Gasteiger partial charge is 0.124 e. The Morgan fingerprint density at radius 2 is 2.42 bits per heavy atom. The monoisotopic (exact) mass is 263 g/mol. The number of nitrogens with one attached hydrogen (secondary N) is 1. The van der Waals surface area contributed by atoms with E-state index < -0.39 is 0 Å². The minimum atomic E-state index is -0.365. The van der Waals surface area contributed by atoms with Gasteiger partial charge in [-0.25, -0.2) is 4.39 Å². The van der Waals surface area contributed by atoms with Crippen molar-refractivity contribution in [3.8, 4) is 6.07 Å². The second-order valence-electron chi connectivity index (χ2n) is 4.70. The van der Waals surface area contributed by atoms with Gasteiger partial charge in [0.05, 0.1) is 24.3 Å². The second kappa shape index (κ2) is 6.62. The van der Waals surface area contributed by atoms with Gasteiger partial charge < -0.3 is 10.1 Å². The molecule has 19 heavy (non-hydrogen) atoms. The molecule has 4 nitrogen and oxygen atoms in total. The van der Waals surface area contributed by atoms with Crippen molar-refractivity contribution in [2.45, 2.75) is 12.6 Å². The van der Waals surface area contributed by atoms with Crippen molar-refractivity contribution in [3.63, 3.8) is 0 Å². The number of benzene rings is 1. The largest absolute Gasteiger partial charge is 0.374 e. The van der Waals surface area contributed by atoms with E-state index in [1.54, 1.807) is 6.07 Å². The maximum Gasteiger partial charge on any atom is 0.124 e. The number of nitrogens with zero attached hydrogens (tertiary/aromatic N) is 2. The third kappa shape index (κ3) is 3.74. The van der Waals surface area contributed by atoms with E-state index in [-0.39, 0.29) is 11.9 Å². The first-order chi connectivity index (χ1) is 9.22. The highest BCUT2D eigenvalue weighted by atomic mass is 19.1. The summed E-state index contributed by atoms with van der Waals surface area (Å²) in [7, 11) is 1.90. The topological polar surface area (TPSA) is 48.3 Å². The van der Waals surface area contributed by atoms with Gasteiger partial charge >= 0.3 is 0 Å². The molecule has 0 aromatic heterocycles. The SMILES string of the molecule is CNCC1CN(Cc2ccc(F)cc2C#N)CCO1. The lowest BCUT2D eigenvalue weighted by molar-refractivity contribution is -0.0291. The number of morpholine rings is 1. The molecule has 0 spiro atoms. The maximum absolute atomic E-state index is 13.1. The van der Waals surface area contributed by atoms with Gasteiger partial charge in [-0.1, -0.05) is 6.07 Å². The Kier molecular flexibility index (Phi) is 4.86. The molecule has 1 atom stereocenters. The number of hydrogen-bond acceptors (Lipinski definition) is 4. The summed E-state index contributed by atoms with van der Waals surface area (Å²) in [4.78, 5) is 2.24. The lowest BCUT2D eigenvalue weighted by Crippen LogP contribution is -2.45. The van der Waals surface area contributed by atoms with Gasteiger partial charge in [-0.3, -0.25) is 4.90 Å². The average molecular weight is 263 g/mol. The van der Waals surface area contributed by atoms with Crippen LogP contribution in [0.2, 0.25) is 0 Å². The van der Waals surface area contributed by atoms with E-state index in [1.165, 1.54) is 12.1 Å². The summed E-state index contributed by atoms with van der Waals surface area (Å²) in [6.07, 6.45) is 0.171. The highest BCUT2D eigenvalue weighted by Gasteiger charge is 2.20. The molecule has 1 aliphatic rings. The molecule has 1 aliphatic heterocycles. The van der Waals surface area contributed by atoms with Crippen LogP contribution in [0.1, 0.15) is 11.1 Å². The van der Waals surface area contributed by atoms with Crippen LogP contribution < -0.4 is 5.32 Å². The summed E-state index contributed by atoms with van der Waals surface area (Å²) in [6.45, 7) is 3.82. The first-order valence-electron chi connectivity index (χ1n) is 6.40. The fourth-order valence-corrected chi connectivity index (χ4v) is 2.31. The summed E-state index contributed by atoms with van der Waals surface area (Å²) in [6, 6.07) is 6.44. The van der Waals surface area contributed by atoms with Crippen molar-refractivity contribution in [1.82, 2.24) is 10.2 Å². The lowest BCUT2D eigenvalue weighted by Gasteiger charge is -2.33. The van der Waals surface area contributed by atoms with Gasteiger partial charge in [-0.15, -0.1) is 0 Å². The number of rotatable bonds is 4. The lowest BCUT2D eigenvalue weighted by atomic mass is 10.1. The average Bonchev–Trinajstić information content (AvgIpc) is 2.41. The molecule has 0 amide bonds. The van der Waals surface area contributed by atoms with Crippen LogP contribution in [-0.2, 0) is 11.3 Å². The first kappa shape index (κ1) is 13.9. The molecule has 1 aromatic carbocycles. The van der Waals surface area contributed by atoms with E-state index in [9.17, 15) is 4.39 Å². The molecular formula is C14H18FN3O. The Labute approximate surface area is 112 Å². The van der Waals surface area contributed by atoms with Crippen LogP contribution in [0, 0.1) is 17.1 Å². The van der Waals surface area contributed by atoms with Crippen molar-refractivity contribution in [2.75, 3.05) is 33.3 Å². The number of ether oxygens (including phenoxy) is 1. The van der Waals surface area contributed by atoms with Gasteiger partial charge in [0.25, 0.3) is 0 Å². The molecule has 1 fully saturated rings. The van der Waals surface area contributed by atoms with E-state index >= 15 is 0 Å². The molecule has 1 N–H and O–H groups in total. The van der Waals surface area contributed by atoms with Gasteiger partial charge in [0.2, 0.25) is 0 Å². The zero-order valence-electron chi connectivity index (χ0n) is 11.0. The van der Waals surface area contributed by atoms with Crippen molar-refractivity contribution >= 4 is 0 Å². The third-order valence-corrected chi connectivity index (χ3v) is 3.24. The summed E-state index contributed by atoms with van der Waals surface area (Å²) >= 11 is 0. The van der Waals surface area contributed by atoms with Crippen molar-refractivity contribution in [3.05, 3.63) is 35.1 Å². The highest BCUT2D eigenvalue weighted by Crippen LogP contribution is 2.15. The van der Waals surface area contributed by atoms with Gasteiger partial charge in [0.15, 0.2) is 0 Å². The highest BCUT2D eigenvalue weighted by molar-refractivity contribution is 5.37. The summed E-state index contributed by atoms with van der Waals surface area (Å²) < 4.78 is 18.7. The van der Waals surface area contributed by atoms with Crippen molar-refractivity contribution in [1.29, 1.82) is 5.26 Å². The number of nitriles is 1. The molecule has 0 saturated carbocycles. The Balaban J connectivity index is 2.03. The van der Waals surface area contributed by atoms with Crippen molar-refractivity contribution in [2.24, 2.45) is 0 Å². The fourth-order valence-electron chi connectivity index (χ4n) is 2.31. The molecule has 2 rings (SSSR count). The predicted octanol–water partition coefficient (Wildman–Crippen LogP) is 1.12. The van der Waals surface area contributed by atoms with E-state index in [2.05, 4.69) is 16.3 Å². The zero-order valence-corrected chi connectivity index (χ0v) is 11.0. The van der Waals surface area contributed by atoms with Crippen LogP contribution in [0.4, 0.5) is 4.39 Å². The number of halogens is 1. The molecule has 0 aliphatic carbocycles. The first-order valence-corrected chi connectivity index (χ1v) is 6.40. The van der Waals surface area contributed by atoms with Crippen LogP contribution in [0.25, 0.3) is 0 Å². The van der Waals surface area contributed by atoms with E-state index in [1.807, 2.05) is 7.05 Å². The van der Waals surface area contributed by atoms with Gasteiger partial charge in [-0.2, -0.15) is 5.26 Å².